The first-order chi connectivity index (χ1) is 8.33. The smallest absolute Gasteiger partial charge is 0.0809 e. The number of ether oxygens (including phenoxy) is 2. The summed E-state index contributed by atoms with van der Waals surface area (Å²) in [4.78, 5) is 0. The van der Waals surface area contributed by atoms with Crippen LogP contribution in [0.15, 0.2) is 0 Å². The van der Waals surface area contributed by atoms with Crippen molar-refractivity contribution in [2.24, 2.45) is 0 Å². The van der Waals surface area contributed by atoms with Gasteiger partial charge in [0, 0.05) is 19.2 Å². The van der Waals surface area contributed by atoms with Crippen molar-refractivity contribution in [1.82, 2.24) is 5.32 Å². The number of nitrogens with one attached hydrogen (secondary N) is 1. The summed E-state index contributed by atoms with van der Waals surface area (Å²) in [5.41, 5.74) is 0. The normalized spacial score (nSPS) is 21.9. The fourth-order valence-electron chi connectivity index (χ4n) is 2.17. The number of hydrogen-bond acceptors (Lipinski definition) is 3. The maximum Gasteiger partial charge on any atom is 0.0809 e. The van der Waals surface area contributed by atoms with Crippen molar-refractivity contribution in [3.05, 3.63) is 0 Å². The van der Waals surface area contributed by atoms with E-state index in [2.05, 4.69) is 19.2 Å². The Morgan fingerprint density at radius 2 is 2.29 bits per heavy atom. The van der Waals surface area contributed by atoms with Crippen molar-refractivity contribution in [2.75, 3.05) is 26.4 Å². The highest BCUT2D eigenvalue weighted by molar-refractivity contribution is 4.64. The molecular weight excluding hydrogens is 214 g/mol. The van der Waals surface area contributed by atoms with Crippen molar-refractivity contribution in [3.63, 3.8) is 0 Å². The lowest BCUT2D eigenvalue weighted by molar-refractivity contribution is 0.0179. The second-order valence-electron chi connectivity index (χ2n) is 5.06. The summed E-state index contributed by atoms with van der Waals surface area (Å²) >= 11 is 0. The lowest BCUT2D eigenvalue weighted by Gasteiger charge is -2.14. The van der Waals surface area contributed by atoms with Crippen LogP contribution in [-0.2, 0) is 9.47 Å². The van der Waals surface area contributed by atoms with Gasteiger partial charge >= 0.3 is 0 Å². The molecule has 0 bridgehead atoms. The molecule has 1 fully saturated rings. The van der Waals surface area contributed by atoms with Crippen LogP contribution in [0.2, 0.25) is 0 Å². The molecule has 2 unspecified atom stereocenters. The molecule has 0 aromatic rings. The Bertz CT molecular complexity index is 170. The van der Waals surface area contributed by atoms with Crippen LogP contribution in [0.4, 0.5) is 0 Å². The maximum atomic E-state index is 5.61. The van der Waals surface area contributed by atoms with E-state index in [9.17, 15) is 0 Å². The van der Waals surface area contributed by atoms with E-state index in [1.54, 1.807) is 0 Å². The summed E-state index contributed by atoms with van der Waals surface area (Å²) in [6, 6.07) is 0.618. The van der Waals surface area contributed by atoms with Gasteiger partial charge in [0.25, 0.3) is 0 Å². The first kappa shape index (κ1) is 14.9. The average Bonchev–Trinajstić information content (AvgIpc) is 2.82. The lowest BCUT2D eigenvalue weighted by Crippen LogP contribution is -2.30. The molecule has 0 aromatic heterocycles. The Kier molecular flexibility index (Phi) is 8.67. The predicted octanol–water partition coefficient (Wildman–Crippen LogP) is 2.74. The van der Waals surface area contributed by atoms with Gasteiger partial charge in [-0.3, -0.25) is 0 Å². The monoisotopic (exact) mass is 243 g/mol. The standard InChI is InChI=1S/C14H29NO2/c1-3-4-5-7-13(2)15-9-11-16-12-14-8-6-10-17-14/h13-15H,3-12H2,1-2H3. The third-order valence-corrected chi connectivity index (χ3v) is 3.31. The van der Waals surface area contributed by atoms with Gasteiger partial charge in [-0.15, -0.1) is 0 Å². The number of unbranched alkanes of at least 4 members (excludes halogenated alkanes) is 2. The summed E-state index contributed by atoms with van der Waals surface area (Å²) in [7, 11) is 0. The van der Waals surface area contributed by atoms with E-state index >= 15 is 0 Å². The molecule has 1 aliphatic heterocycles. The zero-order valence-electron chi connectivity index (χ0n) is 11.5. The van der Waals surface area contributed by atoms with Crippen LogP contribution in [0.3, 0.4) is 0 Å². The summed E-state index contributed by atoms with van der Waals surface area (Å²) in [5.74, 6) is 0. The highest BCUT2D eigenvalue weighted by atomic mass is 16.5. The van der Waals surface area contributed by atoms with Gasteiger partial charge < -0.3 is 14.8 Å². The average molecular weight is 243 g/mol. The minimum absolute atomic E-state index is 0.358. The molecule has 0 saturated carbocycles. The van der Waals surface area contributed by atoms with Crippen LogP contribution >= 0.6 is 0 Å². The zero-order chi connectivity index (χ0) is 12.3. The molecular formula is C14H29NO2. The van der Waals surface area contributed by atoms with E-state index in [1.807, 2.05) is 0 Å². The quantitative estimate of drug-likeness (QED) is 0.598. The van der Waals surface area contributed by atoms with Gasteiger partial charge in [-0.05, 0) is 26.2 Å². The molecule has 1 rings (SSSR count). The molecule has 3 nitrogen and oxygen atoms in total. The van der Waals surface area contributed by atoms with E-state index in [1.165, 1.54) is 38.5 Å². The van der Waals surface area contributed by atoms with Crippen LogP contribution < -0.4 is 5.32 Å². The minimum Gasteiger partial charge on any atom is -0.377 e. The molecule has 0 spiro atoms. The van der Waals surface area contributed by atoms with Crippen LogP contribution in [0, 0.1) is 0 Å². The highest BCUT2D eigenvalue weighted by Gasteiger charge is 2.14. The van der Waals surface area contributed by atoms with E-state index < -0.39 is 0 Å². The van der Waals surface area contributed by atoms with Crippen molar-refractivity contribution in [3.8, 4) is 0 Å². The van der Waals surface area contributed by atoms with Crippen LogP contribution in [0.5, 0.6) is 0 Å². The molecule has 1 saturated heterocycles. The summed E-state index contributed by atoms with van der Waals surface area (Å²) in [5, 5.41) is 3.50. The van der Waals surface area contributed by atoms with E-state index in [-0.39, 0.29) is 0 Å². The molecule has 0 aromatic carbocycles. The van der Waals surface area contributed by atoms with E-state index in [0.717, 1.165) is 26.4 Å². The van der Waals surface area contributed by atoms with Crippen molar-refractivity contribution in [2.45, 2.75) is 64.5 Å². The second kappa shape index (κ2) is 9.86. The number of hydrogen-bond donors (Lipinski definition) is 1. The largest absolute Gasteiger partial charge is 0.377 e. The Labute approximate surface area is 106 Å². The maximum absolute atomic E-state index is 5.61. The molecule has 0 amide bonds. The van der Waals surface area contributed by atoms with Gasteiger partial charge in [0.2, 0.25) is 0 Å². The summed E-state index contributed by atoms with van der Waals surface area (Å²) in [6.45, 7) is 7.96. The third-order valence-electron chi connectivity index (χ3n) is 3.31. The van der Waals surface area contributed by atoms with Gasteiger partial charge in [0.15, 0.2) is 0 Å². The van der Waals surface area contributed by atoms with Crippen LogP contribution in [0.25, 0.3) is 0 Å². The van der Waals surface area contributed by atoms with Crippen molar-refractivity contribution >= 4 is 0 Å². The van der Waals surface area contributed by atoms with E-state index in [0.29, 0.717) is 12.1 Å². The third kappa shape index (κ3) is 7.74. The molecule has 0 radical (unpaired) electrons. The highest BCUT2D eigenvalue weighted by Crippen LogP contribution is 2.11. The summed E-state index contributed by atoms with van der Waals surface area (Å²) in [6.07, 6.45) is 7.98. The topological polar surface area (TPSA) is 30.5 Å². The van der Waals surface area contributed by atoms with Crippen molar-refractivity contribution < 1.29 is 9.47 Å². The lowest BCUT2D eigenvalue weighted by atomic mass is 10.1. The first-order valence-electron chi connectivity index (χ1n) is 7.25. The van der Waals surface area contributed by atoms with Gasteiger partial charge in [-0.25, -0.2) is 0 Å². The Hall–Kier alpha value is -0.120. The summed E-state index contributed by atoms with van der Waals surface area (Å²) < 4.78 is 11.1. The molecule has 102 valence electrons. The molecule has 2 atom stereocenters. The van der Waals surface area contributed by atoms with Crippen LogP contribution in [-0.4, -0.2) is 38.5 Å². The second-order valence-corrected chi connectivity index (χ2v) is 5.06. The molecule has 17 heavy (non-hydrogen) atoms. The molecule has 1 heterocycles. The fraction of sp³-hybridized carbons (Fsp3) is 1.00. The van der Waals surface area contributed by atoms with Crippen LogP contribution in [0.1, 0.15) is 52.4 Å². The van der Waals surface area contributed by atoms with Crippen molar-refractivity contribution in [1.29, 1.82) is 0 Å². The molecule has 3 heteroatoms. The Morgan fingerprint density at radius 1 is 1.41 bits per heavy atom. The first-order valence-corrected chi connectivity index (χ1v) is 7.25. The SMILES string of the molecule is CCCCCC(C)NCCOCC1CCCO1. The Balaban J connectivity index is 1.82. The van der Waals surface area contributed by atoms with E-state index in [4.69, 9.17) is 9.47 Å². The zero-order valence-corrected chi connectivity index (χ0v) is 11.5. The molecule has 1 N–H and O–H groups in total. The molecule has 1 aliphatic rings. The fourth-order valence-corrected chi connectivity index (χ4v) is 2.17. The van der Waals surface area contributed by atoms with Gasteiger partial charge in [0.05, 0.1) is 19.3 Å². The number of rotatable bonds is 10. The molecule has 0 aliphatic carbocycles. The Morgan fingerprint density at radius 3 is 3.00 bits per heavy atom. The van der Waals surface area contributed by atoms with Gasteiger partial charge in [-0.2, -0.15) is 0 Å². The van der Waals surface area contributed by atoms with Gasteiger partial charge in [0.1, 0.15) is 0 Å². The predicted molar refractivity (Wildman–Crippen MR) is 71.4 cm³/mol. The minimum atomic E-state index is 0.358. The van der Waals surface area contributed by atoms with Gasteiger partial charge in [-0.1, -0.05) is 26.2 Å².